The summed E-state index contributed by atoms with van der Waals surface area (Å²) in [5.41, 5.74) is 0. The van der Waals surface area contributed by atoms with Crippen molar-refractivity contribution in [2.24, 2.45) is 0 Å². The van der Waals surface area contributed by atoms with E-state index in [0.717, 1.165) is 3.86 Å². The Hall–Kier alpha value is 0.818. The van der Waals surface area contributed by atoms with E-state index >= 15 is 0 Å². The van der Waals surface area contributed by atoms with Crippen LogP contribution in [0.4, 0.5) is 0 Å². The molecule has 1 aliphatic rings. The molecule has 0 N–H and O–H groups in total. The second-order valence-electron chi connectivity index (χ2n) is 5.83. The Bertz CT molecular complexity index is 140. The summed E-state index contributed by atoms with van der Waals surface area (Å²) in [6.07, 6.45) is 22.5. The van der Waals surface area contributed by atoms with Crippen molar-refractivity contribution in [1.82, 2.24) is 0 Å². The van der Waals surface area contributed by atoms with Crippen LogP contribution in [0.2, 0.25) is 3.86 Å². The van der Waals surface area contributed by atoms with Crippen LogP contribution in [0, 0.1) is 0 Å². The molecule has 2 radical (unpaired) electrons. The van der Waals surface area contributed by atoms with E-state index in [-0.39, 0.29) is 0 Å². The second-order valence-corrected chi connectivity index (χ2v) is 7.91. The van der Waals surface area contributed by atoms with Gasteiger partial charge in [-0.25, -0.2) is 0 Å². The zero-order chi connectivity index (χ0) is 12.2. The van der Waals surface area contributed by atoms with Gasteiger partial charge in [0.15, 0.2) is 0 Å². The Labute approximate surface area is 123 Å². The minimum absolute atomic E-state index is 1.04. The molecule has 0 bridgehead atoms. The van der Waals surface area contributed by atoms with Gasteiger partial charge in [-0.05, 0) is 0 Å². The molecule has 1 saturated carbocycles. The first-order valence-corrected chi connectivity index (χ1v) is 9.55. The van der Waals surface area contributed by atoms with Gasteiger partial charge in [-0.15, -0.1) is 0 Å². The van der Waals surface area contributed by atoms with Gasteiger partial charge in [0.05, 0.1) is 0 Å². The molecule has 0 aromatic rings. The average Bonchev–Trinajstić information content (AvgIpc) is 2.32. The normalized spacial score (nSPS) is 24.5. The molecule has 0 atom stereocenters. The van der Waals surface area contributed by atoms with E-state index in [0.29, 0.717) is 0 Å². The summed E-state index contributed by atoms with van der Waals surface area (Å²) in [5, 5.41) is 0. The van der Waals surface area contributed by atoms with Crippen LogP contribution in [0.5, 0.6) is 0 Å². The van der Waals surface area contributed by atoms with Crippen LogP contribution in [-0.2, 0) is 0 Å². The standard InChI is InChI=1S/C16H31.Sb/c1-2-4-6-8-10-12-14-16-15-13-11-9-7-5-3-1;/h1H,2-16H2;. The van der Waals surface area contributed by atoms with Crippen molar-refractivity contribution in [2.75, 3.05) is 0 Å². The Morgan fingerprint density at radius 1 is 0.412 bits per heavy atom. The summed E-state index contributed by atoms with van der Waals surface area (Å²) < 4.78 is 1.04. The van der Waals surface area contributed by atoms with Crippen LogP contribution in [0.3, 0.4) is 0 Å². The molecule has 0 aromatic carbocycles. The second kappa shape index (κ2) is 11.9. The molecule has 1 rings (SSSR count). The zero-order valence-corrected chi connectivity index (χ0v) is 14.2. The van der Waals surface area contributed by atoms with Gasteiger partial charge in [0, 0.05) is 0 Å². The van der Waals surface area contributed by atoms with E-state index < -0.39 is 0 Å². The van der Waals surface area contributed by atoms with Crippen LogP contribution < -0.4 is 0 Å². The van der Waals surface area contributed by atoms with E-state index in [1.807, 2.05) is 0 Å². The molecule has 0 heterocycles. The van der Waals surface area contributed by atoms with E-state index in [1.54, 1.807) is 0 Å². The summed E-state index contributed by atoms with van der Waals surface area (Å²) in [7, 11) is 0. The van der Waals surface area contributed by atoms with Gasteiger partial charge in [0.25, 0.3) is 0 Å². The van der Waals surface area contributed by atoms with Gasteiger partial charge in [-0.1, -0.05) is 0 Å². The Morgan fingerprint density at radius 2 is 0.647 bits per heavy atom. The van der Waals surface area contributed by atoms with Gasteiger partial charge < -0.3 is 0 Å². The molecule has 1 fully saturated rings. The number of rotatable bonds is 0. The quantitative estimate of drug-likeness (QED) is 0.486. The van der Waals surface area contributed by atoms with Crippen molar-refractivity contribution < 1.29 is 0 Å². The number of hydrogen-bond acceptors (Lipinski definition) is 0. The van der Waals surface area contributed by atoms with Crippen LogP contribution in [-0.4, -0.2) is 23.0 Å². The van der Waals surface area contributed by atoms with Crippen LogP contribution >= 0.6 is 0 Å². The Kier molecular flexibility index (Phi) is 11.1. The fourth-order valence-electron chi connectivity index (χ4n) is 2.85. The van der Waals surface area contributed by atoms with Crippen molar-refractivity contribution in [3.05, 3.63) is 0 Å². The first-order chi connectivity index (χ1) is 8.39. The molecular weight excluding hydrogens is 314 g/mol. The van der Waals surface area contributed by atoms with Crippen LogP contribution in [0.1, 0.15) is 96.3 Å². The van der Waals surface area contributed by atoms with E-state index in [9.17, 15) is 0 Å². The summed E-state index contributed by atoms with van der Waals surface area (Å²) in [5.74, 6) is 0. The topological polar surface area (TPSA) is 0 Å². The fraction of sp³-hybridized carbons (Fsp3) is 1.00. The maximum absolute atomic E-state index is 2.09. The van der Waals surface area contributed by atoms with E-state index in [4.69, 9.17) is 0 Å². The van der Waals surface area contributed by atoms with Gasteiger partial charge in [-0.3, -0.25) is 0 Å². The minimum atomic E-state index is 1.04. The molecule has 0 unspecified atom stereocenters. The third-order valence-electron chi connectivity index (χ3n) is 4.07. The van der Waals surface area contributed by atoms with Gasteiger partial charge in [-0.2, -0.15) is 0 Å². The van der Waals surface area contributed by atoms with Crippen LogP contribution in [0.25, 0.3) is 0 Å². The third kappa shape index (κ3) is 10.4. The summed E-state index contributed by atoms with van der Waals surface area (Å²) in [6.45, 7) is 0. The first kappa shape index (κ1) is 15.9. The first-order valence-electron chi connectivity index (χ1n) is 8.07. The zero-order valence-electron chi connectivity index (χ0n) is 11.6. The van der Waals surface area contributed by atoms with Crippen molar-refractivity contribution in [2.45, 2.75) is 100 Å². The molecule has 0 nitrogen and oxygen atoms in total. The Morgan fingerprint density at radius 3 is 0.941 bits per heavy atom. The molecular formula is C16H31Sb. The molecule has 17 heavy (non-hydrogen) atoms. The number of hydrogen-bond donors (Lipinski definition) is 0. The molecule has 0 aliphatic heterocycles. The van der Waals surface area contributed by atoms with E-state index in [2.05, 4.69) is 23.0 Å². The van der Waals surface area contributed by atoms with E-state index in [1.165, 1.54) is 96.3 Å². The molecule has 0 amide bonds. The van der Waals surface area contributed by atoms with Gasteiger partial charge in [0.1, 0.15) is 0 Å². The monoisotopic (exact) mass is 344 g/mol. The summed E-state index contributed by atoms with van der Waals surface area (Å²) in [4.78, 5) is 0. The molecule has 0 saturated heterocycles. The summed E-state index contributed by atoms with van der Waals surface area (Å²) >= 11 is 2.09. The van der Waals surface area contributed by atoms with Crippen molar-refractivity contribution in [3.8, 4) is 0 Å². The van der Waals surface area contributed by atoms with Gasteiger partial charge >= 0.3 is 123 Å². The van der Waals surface area contributed by atoms with Crippen LogP contribution in [0.15, 0.2) is 0 Å². The van der Waals surface area contributed by atoms with Crippen molar-refractivity contribution in [1.29, 1.82) is 0 Å². The fourth-order valence-corrected chi connectivity index (χ4v) is 3.89. The Balaban J connectivity index is 2.09. The predicted molar refractivity (Wildman–Crippen MR) is 78.8 cm³/mol. The SMILES string of the molecule is [Sb][CH]1CCCCCCCCCCCCCCC1. The summed E-state index contributed by atoms with van der Waals surface area (Å²) in [6, 6.07) is 0. The molecule has 0 spiro atoms. The predicted octanol–water partition coefficient (Wildman–Crippen LogP) is 5.81. The van der Waals surface area contributed by atoms with Crippen molar-refractivity contribution >= 4 is 23.0 Å². The average molecular weight is 345 g/mol. The molecule has 100 valence electrons. The maximum atomic E-state index is 2.09. The van der Waals surface area contributed by atoms with Crippen molar-refractivity contribution in [3.63, 3.8) is 0 Å². The molecule has 1 heteroatoms. The third-order valence-corrected chi connectivity index (χ3v) is 5.55. The molecule has 1 aliphatic carbocycles. The molecule has 0 aromatic heterocycles. The van der Waals surface area contributed by atoms with Gasteiger partial charge in [0.2, 0.25) is 0 Å².